The van der Waals surface area contributed by atoms with Gasteiger partial charge in [0.15, 0.2) is 11.5 Å². The third-order valence-corrected chi connectivity index (χ3v) is 6.31. The highest BCUT2D eigenvalue weighted by atomic mass is 16.6. The number of carbonyl (C=O) groups is 2. The summed E-state index contributed by atoms with van der Waals surface area (Å²) in [6.45, 7) is 11.1. The van der Waals surface area contributed by atoms with Crippen molar-refractivity contribution < 1.29 is 19.1 Å². The monoisotopic (exact) mass is 506 g/mol. The van der Waals surface area contributed by atoms with Crippen LogP contribution in [-0.2, 0) is 5.41 Å². The predicted molar refractivity (Wildman–Crippen MR) is 152 cm³/mol. The Morgan fingerprint density at radius 3 is 1.66 bits per heavy atom. The molecule has 0 aliphatic carbocycles. The van der Waals surface area contributed by atoms with E-state index in [9.17, 15) is 9.59 Å². The molecule has 0 atom stereocenters. The lowest BCUT2D eigenvalue weighted by atomic mass is 9.70. The zero-order chi connectivity index (χ0) is 27.3. The number of para-hydroxylation sites is 1. The molecule has 0 fully saturated rings. The number of carbonyl (C=O) groups excluding carboxylic acids is 2. The Labute approximate surface area is 225 Å². The maximum absolute atomic E-state index is 13.2. The van der Waals surface area contributed by atoms with Crippen LogP contribution in [0.15, 0.2) is 103 Å². The van der Waals surface area contributed by atoms with E-state index in [1.807, 2.05) is 42.5 Å². The van der Waals surface area contributed by atoms with Crippen molar-refractivity contribution in [3.63, 3.8) is 0 Å². The van der Waals surface area contributed by atoms with Gasteiger partial charge in [-0.1, -0.05) is 107 Å². The second-order valence-corrected chi connectivity index (χ2v) is 11.3. The quantitative estimate of drug-likeness (QED) is 0.186. The molecule has 0 saturated carbocycles. The van der Waals surface area contributed by atoms with E-state index in [-0.39, 0.29) is 22.3 Å². The van der Waals surface area contributed by atoms with Crippen LogP contribution in [0.3, 0.4) is 0 Å². The Morgan fingerprint density at radius 2 is 1.08 bits per heavy atom. The molecule has 194 valence electrons. The van der Waals surface area contributed by atoms with Crippen LogP contribution in [0.5, 0.6) is 11.5 Å². The van der Waals surface area contributed by atoms with Gasteiger partial charge >= 0.3 is 11.9 Å². The first-order valence-corrected chi connectivity index (χ1v) is 12.8. The Hall–Kier alpha value is -4.18. The van der Waals surface area contributed by atoms with E-state index in [1.165, 1.54) is 0 Å². The molecule has 4 heteroatoms. The highest BCUT2D eigenvalue weighted by Gasteiger charge is 2.31. The maximum Gasteiger partial charge on any atom is 0.343 e. The van der Waals surface area contributed by atoms with Crippen LogP contribution in [0.2, 0.25) is 0 Å². The molecule has 0 saturated heterocycles. The summed E-state index contributed by atoms with van der Waals surface area (Å²) in [5.41, 5.74) is 3.48. The molecular formula is C34H34O4. The molecular weight excluding hydrogens is 472 g/mol. The second-order valence-electron chi connectivity index (χ2n) is 11.3. The van der Waals surface area contributed by atoms with Crippen LogP contribution in [0.1, 0.15) is 67.3 Å². The summed E-state index contributed by atoms with van der Waals surface area (Å²) >= 11 is 0. The van der Waals surface area contributed by atoms with Crippen molar-refractivity contribution >= 4 is 11.9 Å². The average Bonchev–Trinajstić information content (AvgIpc) is 2.89. The van der Waals surface area contributed by atoms with Crippen molar-refractivity contribution in [3.8, 4) is 22.6 Å². The Morgan fingerprint density at radius 1 is 0.579 bits per heavy atom. The van der Waals surface area contributed by atoms with Crippen LogP contribution in [-0.4, -0.2) is 11.9 Å². The van der Waals surface area contributed by atoms with Gasteiger partial charge in [-0.25, -0.2) is 9.59 Å². The van der Waals surface area contributed by atoms with Gasteiger partial charge < -0.3 is 9.47 Å². The maximum atomic E-state index is 13.2. The van der Waals surface area contributed by atoms with Crippen LogP contribution >= 0.6 is 0 Å². The molecule has 0 amide bonds. The number of rotatable bonds is 7. The normalized spacial score (nSPS) is 11.6. The van der Waals surface area contributed by atoms with Gasteiger partial charge in [-0.3, -0.25) is 0 Å². The van der Waals surface area contributed by atoms with E-state index in [2.05, 4.69) is 40.7 Å². The minimum Gasteiger partial charge on any atom is -0.419 e. The topological polar surface area (TPSA) is 52.6 Å². The summed E-state index contributed by atoms with van der Waals surface area (Å²) in [4.78, 5) is 26.2. The summed E-state index contributed by atoms with van der Waals surface area (Å²) < 4.78 is 11.8. The van der Waals surface area contributed by atoms with Crippen molar-refractivity contribution in [2.24, 2.45) is 5.41 Å². The van der Waals surface area contributed by atoms with E-state index in [0.717, 1.165) is 17.5 Å². The molecule has 0 aromatic heterocycles. The third-order valence-electron chi connectivity index (χ3n) is 6.31. The van der Waals surface area contributed by atoms with Gasteiger partial charge in [0.05, 0.1) is 11.1 Å². The number of hydrogen-bond acceptors (Lipinski definition) is 4. The number of ether oxygens (including phenoxy) is 2. The Balaban J connectivity index is 1.84. The SMILES string of the molecule is CC(C)(C)CC(C)(C)c1ccccc1-c1cccc(OC(=O)c2ccccc2)c1OC(=O)c1ccccc1. The first-order chi connectivity index (χ1) is 18.0. The first-order valence-electron chi connectivity index (χ1n) is 12.8. The molecule has 4 rings (SSSR count). The molecule has 0 bridgehead atoms. The van der Waals surface area contributed by atoms with Crippen molar-refractivity contribution in [2.45, 2.75) is 46.5 Å². The van der Waals surface area contributed by atoms with Gasteiger partial charge in [-0.2, -0.15) is 0 Å². The molecule has 0 spiro atoms. The lowest BCUT2D eigenvalue weighted by Crippen LogP contribution is -2.25. The zero-order valence-corrected chi connectivity index (χ0v) is 22.7. The van der Waals surface area contributed by atoms with Crippen molar-refractivity contribution in [3.05, 3.63) is 120 Å². The molecule has 0 aliphatic heterocycles. The number of hydrogen-bond donors (Lipinski definition) is 0. The summed E-state index contributed by atoms with van der Waals surface area (Å²) in [5, 5.41) is 0. The van der Waals surface area contributed by atoms with Crippen molar-refractivity contribution in [2.75, 3.05) is 0 Å². The van der Waals surface area contributed by atoms with Crippen LogP contribution < -0.4 is 9.47 Å². The fraction of sp³-hybridized carbons (Fsp3) is 0.235. The van der Waals surface area contributed by atoms with E-state index < -0.39 is 11.9 Å². The zero-order valence-electron chi connectivity index (χ0n) is 22.7. The van der Waals surface area contributed by atoms with E-state index in [0.29, 0.717) is 16.7 Å². The molecule has 0 heterocycles. The second kappa shape index (κ2) is 11.1. The standard InChI is InChI=1S/C34H34O4/c1-33(2,3)23-34(4,5)28-21-13-12-19-26(28)27-20-14-22-29(37-31(35)24-15-8-6-9-16-24)30(27)38-32(36)25-17-10-7-11-18-25/h6-22H,23H2,1-5H3. The van der Waals surface area contributed by atoms with Gasteiger partial charge in [0.25, 0.3) is 0 Å². The minimum atomic E-state index is -0.527. The molecule has 0 aliphatic rings. The Bertz CT molecular complexity index is 1410. The van der Waals surface area contributed by atoms with Gasteiger partial charge in [0, 0.05) is 5.56 Å². The number of benzene rings is 4. The van der Waals surface area contributed by atoms with Crippen LogP contribution in [0, 0.1) is 5.41 Å². The highest BCUT2D eigenvalue weighted by molar-refractivity contribution is 5.95. The minimum absolute atomic E-state index is 0.103. The molecule has 0 N–H and O–H groups in total. The van der Waals surface area contributed by atoms with Gasteiger partial charge in [0.2, 0.25) is 0 Å². The van der Waals surface area contributed by atoms with E-state index >= 15 is 0 Å². The van der Waals surface area contributed by atoms with Gasteiger partial charge in [0.1, 0.15) is 0 Å². The summed E-state index contributed by atoms with van der Waals surface area (Å²) in [7, 11) is 0. The van der Waals surface area contributed by atoms with E-state index in [1.54, 1.807) is 54.6 Å². The van der Waals surface area contributed by atoms with Gasteiger partial charge in [-0.15, -0.1) is 0 Å². The Kier molecular flexibility index (Phi) is 7.82. The summed E-state index contributed by atoms with van der Waals surface area (Å²) in [5.74, 6) is -0.656. The lowest BCUT2D eigenvalue weighted by molar-refractivity contribution is 0.0683. The molecule has 0 unspecified atom stereocenters. The molecule has 38 heavy (non-hydrogen) atoms. The predicted octanol–water partition coefficient (Wildman–Crippen LogP) is 8.51. The lowest BCUT2D eigenvalue weighted by Gasteiger charge is -2.34. The largest absolute Gasteiger partial charge is 0.419 e. The fourth-order valence-electron chi connectivity index (χ4n) is 5.10. The molecule has 0 radical (unpaired) electrons. The number of esters is 2. The first kappa shape index (κ1) is 26.9. The smallest absolute Gasteiger partial charge is 0.343 e. The van der Waals surface area contributed by atoms with Gasteiger partial charge in [-0.05, 0) is 58.7 Å². The molecule has 4 aromatic rings. The highest BCUT2D eigenvalue weighted by Crippen LogP contribution is 2.45. The summed E-state index contributed by atoms with van der Waals surface area (Å²) in [6, 6.07) is 31.1. The van der Waals surface area contributed by atoms with E-state index in [4.69, 9.17) is 9.47 Å². The van der Waals surface area contributed by atoms with Crippen molar-refractivity contribution in [1.82, 2.24) is 0 Å². The molecule has 4 nitrogen and oxygen atoms in total. The summed E-state index contributed by atoms with van der Waals surface area (Å²) in [6.07, 6.45) is 0.943. The molecule has 4 aromatic carbocycles. The average molecular weight is 507 g/mol. The fourth-order valence-corrected chi connectivity index (χ4v) is 5.10. The van der Waals surface area contributed by atoms with Crippen LogP contribution in [0.4, 0.5) is 0 Å². The van der Waals surface area contributed by atoms with Crippen molar-refractivity contribution in [1.29, 1.82) is 0 Å². The van der Waals surface area contributed by atoms with Crippen LogP contribution in [0.25, 0.3) is 11.1 Å². The third kappa shape index (κ3) is 6.38.